The summed E-state index contributed by atoms with van der Waals surface area (Å²) in [5, 5.41) is 14.7. The third kappa shape index (κ3) is 2.68. The van der Waals surface area contributed by atoms with E-state index in [1.165, 1.54) is 0 Å². The highest BCUT2D eigenvalue weighted by atomic mass is 16.3. The lowest BCUT2D eigenvalue weighted by molar-refractivity contribution is 0.00603. The molecule has 0 radical (unpaired) electrons. The average molecular weight is 336 g/mol. The van der Waals surface area contributed by atoms with Crippen LogP contribution >= 0.6 is 0 Å². The van der Waals surface area contributed by atoms with Gasteiger partial charge in [0.2, 0.25) is 0 Å². The van der Waals surface area contributed by atoms with E-state index in [1.807, 2.05) is 54.9 Å². The van der Waals surface area contributed by atoms with Crippen molar-refractivity contribution in [2.24, 2.45) is 0 Å². The number of hydrogen-bond donors (Lipinski definition) is 1. The standard InChI is InChI=1S/C19H20N4O2/c1-12(2)23-18-16(9-20-23)15(19(25)22-10-14(24)11-22)8-17(21-18)13-6-4-3-5-7-13/h3-9,12,14,24H,10-11H2,1-2H3. The van der Waals surface area contributed by atoms with Crippen molar-refractivity contribution in [3.8, 4) is 11.3 Å². The Morgan fingerprint density at radius 2 is 1.96 bits per heavy atom. The molecule has 1 amide bonds. The van der Waals surface area contributed by atoms with Crippen molar-refractivity contribution in [3.05, 3.63) is 48.2 Å². The molecule has 1 aliphatic heterocycles. The van der Waals surface area contributed by atoms with E-state index in [2.05, 4.69) is 5.10 Å². The number of fused-ring (bicyclic) bond motifs is 1. The van der Waals surface area contributed by atoms with E-state index in [-0.39, 0.29) is 11.9 Å². The van der Waals surface area contributed by atoms with E-state index in [1.54, 1.807) is 11.1 Å². The molecule has 1 aromatic carbocycles. The van der Waals surface area contributed by atoms with Crippen molar-refractivity contribution in [1.29, 1.82) is 0 Å². The molecule has 128 valence electrons. The molecule has 3 heterocycles. The number of rotatable bonds is 3. The predicted octanol–water partition coefficient (Wildman–Crippen LogP) is 2.50. The van der Waals surface area contributed by atoms with Crippen LogP contribution in [0, 0.1) is 0 Å². The summed E-state index contributed by atoms with van der Waals surface area (Å²) >= 11 is 0. The van der Waals surface area contributed by atoms with Crippen LogP contribution in [-0.4, -0.2) is 49.9 Å². The second kappa shape index (κ2) is 5.97. The fourth-order valence-electron chi connectivity index (χ4n) is 3.12. The number of benzene rings is 1. The monoisotopic (exact) mass is 336 g/mol. The molecule has 0 atom stereocenters. The van der Waals surface area contributed by atoms with Gasteiger partial charge in [-0.15, -0.1) is 0 Å². The number of pyridine rings is 1. The third-order valence-corrected chi connectivity index (χ3v) is 4.51. The highest BCUT2D eigenvalue weighted by Crippen LogP contribution is 2.28. The number of nitrogens with zero attached hydrogens (tertiary/aromatic N) is 4. The molecule has 1 aliphatic rings. The van der Waals surface area contributed by atoms with E-state index < -0.39 is 6.10 Å². The van der Waals surface area contributed by atoms with Gasteiger partial charge in [0.05, 0.1) is 28.9 Å². The number of aliphatic hydroxyl groups is 1. The molecule has 2 aromatic heterocycles. The van der Waals surface area contributed by atoms with Crippen molar-refractivity contribution >= 4 is 16.9 Å². The molecule has 3 aromatic rings. The van der Waals surface area contributed by atoms with Gasteiger partial charge in [-0.25, -0.2) is 9.67 Å². The van der Waals surface area contributed by atoms with Crippen LogP contribution in [0.25, 0.3) is 22.3 Å². The summed E-state index contributed by atoms with van der Waals surface area (Å²) in [6.45, 7) is 4.83. The van der Waals surface area contributed by atoms with Gasteiger partial charge in [0.25, 0.3) is 5.91 Å². The number of aliphatic hydroxyl groups excluding tert-OH is 1. The van der Waals surface area contributed by atoms with E-state index >= 15 is 0 Å². The van der Waals surface area contributed by atoms with Crippen LogP contribution in [0.15, 0.2) is 42.6 Å². The zero-order valence-corrected chi connectivity index (χ0v) is 14.3. The number of carbonyl (C=O) groups excluding carboxylic acids is 1. The lowest BCUT2D eigenvalue weighted by Gasteiger charge is -2.36. The van der Waals surface area contributed by atoms with Crippen LogP contribution in [0.1, 0.15) is 30.2 Å². The Morgan fingerprint density at radius 1 is 1.24 bits per heavy atom. The Labute approximate surface area is 145 Å². The number of likely N-dealkylation sites (tertiary alicyclic amines) is 1. The Morgan fingerprint density at radius 3 is 2.60 bits per heavy atom. The first-order valence-electron chi connectivity index (χ1n) is 8.45. The molecular formula is C19H20N4O2. The number of β-amino-alcohol motifs (C(OH)–C–C–N with tert-alkyl or cyclic N) is 1. The summed E-state index contributed by atoms with van der Waals surface area (Å²) < 4.78 is 1.84. The van der Waals surface area contributed by atoms with Crippen LogP contribution in [0.5, 0.6) is 0 Å². The first-order valence-corrected chi connectivity index (χ1v) is 8.45. The van der Waals surface area contributed by atoms with Crippen LogP contribution < -0.4 is 0 Å². The van der Waals surface area contributed by atoms with E-state index in [4.69, 9.17) is 4.98 Å². The van der Waals surface area contributed by atoms with Crippen molar-refractivity contribution in [2.45, 2.75) is 26.0 Å². The number of amides is 1. The van der Waals surface area contributed by atoms with Crippen molar-refractivity contribution in [1.82, 2.24) is 19.7 Å². The number of hydrogen-bond acceptors (Lipinski definition) is 4. The average Bonchev–Trinajstić information content (AvgIpc) is 3.02. The topological polar surface area (TPSA) is 71.2 Å². The lowest BCUT2D eigenvalue weighted by atomic mass is 10.0. The van der Waals surface area contributed by atoms with Crippen LogP contribution in [0.2, 0.25) is 0 Å². The maximum Gasteiger partial charge on any atom is 0.254 e. The summed E-state index contributed by atoms with van der Waals surface area (Å²) in [4.78, 5) is 19.3. The van der Waals surface area contributed by atoms with Crippen LogP contribution in [0.4, 0.5) is 0 Å². The molecule has 25 heavy (non-hydrogen) atoms. The fraction of sp³-hybridized carbons (Fsp3) is 0.316. The minimum Gasteiger partial charge on any atom is -0.389 e. The molecule has 1 saturated heterocycles. The van der Waals surface area contributed by atoms with E-state index in [0.717, 1.165) is 16.6 Å². The van der Waals surface area contributed by atoms with Gasteiger partial charge in [-0.05, 0) is 19.9 Å². The van der Waals surface area contributed by atoms with Crippen molar-refractivity contribution < 1.29 is 9.90 Å². The quantitative estimate of drug-likeness (QED) is 0.798. The summed E-state index contributed by atoms with van der Waals surface area (Å²) in [6, 6.07) is 11.8. The van der Waals surface area contributed by atoms with Crippen molar-refractivity contribution in [2.75, 3.05) is 13.1 Å². The van der Waals surface area contributed by atoms with Crippen molar-refractivity contribution in [3.63, 3.8) is 0 Å². The van der Waals surface area contributed by atoms with Gasteiger partial charge in [0.1, 0.15) is 0 Å². The molecule has 0 spiro atoms. The fourth-order valence-corrected chi connectivity index (χ4v) is 3.12. The molecule has 1 N–H and O–H groups in total. The lowest BCUT2D eigenvalue weighted by Crippen LogP contribution is -2.53. The third-order valence-electron chi connectivity index (χ3n) is 4.51. The van der Waals surface area contributed by atoms with E-state index in [0.29, 0.717) is 24.3 Å². The Kier molecular flexibility index (Phi) is 3.77. The molecular weight excluding hydrogens is 316 g/mol. The summed E-state index contributed by atoms with van der Waals surface area (Å²) in [7, 11) is 0. The molecule has 0 aliphatic carbocycles. The molecule has 1 fully saturated rings. The minimum absolute atomic E-state index is 0.0850. The summed E-state index contributed by atoms with van der Waals surface area (Å²) in [6.07, 6.45) is 1.29. The van der Waals surface area contributed by atoms with Crippen LogP contribution in [0.3, 0.4) is 0 Å². The molecule has 4 rings (SSSR count). The largest absolute Gasteiger partial charge is 0.389 e. The maximum absolute atomic E-state index is 12.9. The van der Waals surface area contributed by atoms with Crippen LogP contribution in [-0.2, 0) is 0 Å². The van der Waals surface area contributed by atoms with Gasteiger partial charge in [-0.3, -0.25) is 4.79 Å². The molecule has 0 unspecified atom stereocenters. The Bertz CT molecular complexity index is 927. The highest BCUT2D eigenvalue weighted by Gasteiger charge is 2.31. The normalized spacial score (nSPS) is 15.0. The molecule has 6 nitrogen and oxygen atoms in total. The second-order valence-corrected chi connectivity index (χ2v) is 6.71. The minimum atomic E-state index is -0.423. The van der Waals surface area contributed by atoms with Gasteiger partial charge in [-0.2, -0.15) is 5.10 Å². The predicted molar refractivity (Wildman–Crippen MR) is 95.3 cm³/mol. The maximum atomic E-state index is 12.9. The Hall–Kier alpha value is -2.73. The van der Waals surface area contributed by atoms with Gasteiger partial charge >= 0.3 is 0 Å². The van der Waals surface area contributed by atoms with Gasteiger partial charge in [0.15, 0.2) is 5.65 Å². The first-order chi connectivity index (χ1) is 12.0. The second-order valence-electron chi connectivity index (χ2n) is 6.71. The van der Waals surface area contributed by atoms with Gasteiger partial charge in [0, 0.05) is 24.7 Å². The van der Waals surface area contributed by atoms with Gasteiger partial charge < -0.3 is 10.0 Å². The number of aromatic nitrogens is 3. The zero-order valence-electron chi connectivity index (χ0n) is 14.3. The zero-order chi connectivity index (χ0) is 17.6. The summed E-state index contributed by atoms with van der Waals surface area (Å²) in [5.41, 5.74) is 3.00. The highest BCUT2D eigenvalue weighted by molar-refractivity contribution is 6.06. The van der Waals surface area contributed by atoms with E-state index in [9.17, 15) is 9.90 Å². The Balaban J connectivity index is 1.89. The molecule has 6 heteroatoms. The molecule has 0 saturated carbocycles. The smallest absolute Gasteiger partial charge is 0.254 e. The number of carbonyl (C=O) groups is 1. The summed E-state index contributed by atoms with van der Waals surface area (Å²) in [5.74, 6) is -0.0850. The van der Waals surface area contributed by atoms with Gasteiger partial charge in [-0.1, -0.05) is 30.3 Å². The molecule has 0 bridgehead atoms. The SMILES string of the molecule is CC(C)n1ncc2c(C(=O)N3CC(O)C3)cc(-c3ccccc3)nc21. The first kappa shape index (κ1) is 15.8.